The first kappa shape index (κ1) is 26.9. The van der Waals surface area contributed by atoms with E-state index in [0.29, 0.717) is 22.0 Å². The van der Waals surface area contributed by atoms with E-state index in [1.165, 1.54) is 43.5 Å². The fourth-order valence-electron chi connectivity index (χ4n) is 3.29. The van der Waals surface area contributed by atoms with E-state index in [-0.39, 0.29) is 12.0 Å². The second kappa shape index (κ2) is 11.8. The molecule has 0 aromatic heterocycles. The minimum absolute atomic E-state index is 0.0826. The molecule has 0 saturated carbocycles. The van der Waals surface area contributed by atoms with Crippen LogP contribution in [0.2, 0.25) is 5.02 Å². The lowest BCUT2D eigenvalue weighted by atomic mass is 9.96. The molecule has 3 aromatic rings. The van der Waals surface area contributed by atoms with Crippen molar-refractivity contribution in [1.82, 2.24) is 0 Å². The fraction of sp³-hybridized carbons (Fsp3) is 0.185. The van der Waals surface area contributed by atoms with Gasteiger partial charge in [0.05, 0.1) is 7.11 Å². The highest BCUT2D eigenvalue weighted by Crippen LogP contribution is 2.26. The Kier molecular flexibility index (Phi) is 8.85. The molecule has 0 aliphatic heterocycles. The van der Waals surface area contributed by atoms with E-state index in [2.05, 4.69) is 5.32 Å². The summed E-state index contributed by atoms with van der Waals surface area (Å²) >= 11 is 12.4. The zero-order valence-electron chi connectivity index (χ0n) is 19.5. The van der Waals surface area contributed by atoms with Crippen molar-refractivity contribution in [2.24, 2.45) is 0 Å². The summed E-state index contributed by atoms with van der Waals surface area (Å²) in [7, 11) is 1.47. The summed E-state index contributed by atoms with van der Waals surface area (Å²) in [4.78, 5) is 49.0. The van der Waals surface area contributed by atoms with Crippen LogP contribution in [-0.4, -0.2) is 42.0 Å². The smallest absolute Gasteiger partial charge is 0.375 e. The third-order valence-electron chi connectivity index (χ3n) is 5.25. The Labute approximate surface area is 218 Å². The molecule has 186 valence electrons. The fourth-order valence-corrected chi connectivity index (χ4v) is 3.63. The van der Waals surface area contributed by atoms with E-state index in [4.69, 9.17) is 32.7 Å². The number of esters is 1. The maximum absolute atomic E-state index is 13.3. The summed E-state index contributed by atoms with van der Waals surface area (Å²) in [6.07, 6.45) is -0.195. The number of ether oxygens (including phenoxy) is 2. The van der Waals surface area contributed by atoms with E-state index >= 15 is 0 Å². The first-order valence-electron chi connectivity index (χ1n) is 10.8. The number of hydrogen-bond acceptors (Lipinski definition) is 6. The van der Waals surface area contributed by atoms with Crippen LogP contribution in [0.1, 0.15) is 21.5 Å². The van der Waals surface area contributed by atoms with Crippen LogP contribution in [0.3, 0.4) is 0 Å². The van der Waals surface area contributed by atoms with Crippen LogP contribution >= 0.6 is 23.2 Å². The van der Waals surface area contributed by atoms with Gasteiger partial charge >= 0.3 is 5.97 Å². The lowest BCUT2D eigenvalue weighted by molar-refractivity contribution is -0.154. The first-order valence-corrected chi connectivity index (χ1v) is 11.6. The third kappa shape index (κ3) is 6.71. The number of carbonyl (C=O) groups excluding carboxylic acids is 4. The molecule has 7 nitrogen and oxygen atoms in total. The quantitative estimate of drug-likeness (QED) is 0.133. The van der Waals surface area contributed by atoms with Gasteiger partial charge in [-0.3, -0.25) is 14.4 Å². The standard InChI is InChI=1S/C27H23Cl2NO6/c1-17-4-3-5-18(14-17)15-23(31)25(33)36-16-27(29,24(32)19-6-12-22(35-2)13-7-19)26(34)30-21-10-8-20(28)9-11-21/h3-14H,15-16H2,1-2H3,(H,30,34). The summed E-state index contributed by atoms with van der Waals surface area (Å²) in [5, 5.41) is 2.98. The Morgan fingerprint density at radius 2 is 1.61 bits per heavy atom. The number of carbonyl (C=O) groups is 4. The Morgan fingerprint density at radius 1 is 0.944 bits per heavy atom. The second-order valence-electron chi connectivity index (χ2n) is 7.98. The van der Waals surface area contributed by atoms with E-state index in [9.17, 15) is 19.2 Å². The van der Waals surface area contributed by atoms with Crippen molar-refractivity contribution < 1.29 is 28.7 Å². The van der Waals surface area contributed by atoms with Crippen molar-refractivity contribution in [2.45, 2.75) is 18.2 Å². The maximum Gasteiger partial charge on any atom is 0.375 e. The molecule has 9 heteroatoms. The van der Waals surface area contributed by atoms with Crippen LogP contribution in [0.5, 0.6) is 5.75 Å². The number of amides is 1. The molecule has 0 aliphatic carbocycles. The minimum Gasteiger partial charge on any atom is -0.497 e. The molecular formula is C27H23Cl2NO6. The molecule has 0 aliphatic rings. The van der Waals surface area contributed by atoms with E-state index < -0.39 is 34.9 Å². The molecule has 1 N–H and O–H groups in total. The number of rotatable bonds is 10. The van der Waals surface area contributed by atoms with Crippen LogP contribution in [0.25, 0.3) is 0 Å². The summed E-state index contributed by atoms with van der Waals surface area (Å²) in [6, 6.07) is 19.1. The van der Waals surface area contributed by atoms with Gasteiger partial charge in [0.15, 0.2) is 5.78 Å². The van der Waals surface area contributed by atoms with Gasteiger partial charge < -0.3 is 14.8 Å². The van der Waals surface area contributed by atoms with E-state index in [1.807, 2.05) is 13.0 Å². The molecule has 0 radical (unpaired) electrons. The monoisotopic (exact) mass is 527 g/mol. The number of alkyl halides is 1. The third-order valence-corrected chi connectivity index (χ3v) is 5.96. The van der Waals surface area contributed by atoms with Gasteiger partial charge in [-0.25, -0.2) is 4.79 Å². The topological polar surface area (TPSA) is 98.8 Å². The SMILES string of the molecule is COc1ccc(C(=O)C(Cl)(COC(=O)C(=O)Cc2cccc(C)c2)C(=O)Nc2ccc(Cl)cc2)cc1. The number of benzene rings is 3. The number of methoxy groups -OCH3 is 1. The normalized spacial score (nSPS) is 12.2. The molecule has 0 spiro atoms. The van der Waals surface area contributed by atoms with Crippen LogP contribution < -0.4 is 10.1 Å². The van der Waals surface area contributed by atoms with Crippen molar-refractivity contribution in [2.75, 3.05) is 19.0 Å². The molecule has 1 atom stereocenters. The van der Waals surface area contributed by atoms with Gasteiger partial charge in [-0.2, -0.15) is 0 Å². The number of aryl methyl sites for hydroxylation is 1. The Bertz CT molecular complexity index is 1270. The number of anilines is 1. The number of ketones is 2. The van der Waals surface area contributed by atoms with Crippen molar-refractivity contribution in [3.05, 3.63) is 94.5 Å². The highest BCUT2D eigenvalue weighted by molar-refractivity contribution is 6.50. The predicted molar refractivity (Wildman–Crippen MR) is 137 cm³/mol. The average molecular weight is 528 g/mol. The molecule has 0 fully saturated rings. The average Bonchev–Trinajstić information content (AvgIpc) is 2.87. The molecule has 0 heterocycles. The second-order valence-corrected chi connectivity index (χ2v) is 9.07. The highest BCUT2D eigenvalue weighted by atomic mass is 35.5. The van der Waals surface area contributed by atoms with Gasteiger partial charge in [-0.05, 0) is 61.0 Å². The lowest BCUT2D eigenvalue weighted by Gasteiger charge is -2.24. The van der Waals surface area contributed by atoms with Gasteiger partial charge in [0.1, 0.15) is 12.4 Å². The molecule has 3 aromatic carbocycles. The van der Waals surface area contributed by atoms with Crippen LogP contribution in [0.4, 0.5) is 5.69 Å². The van der Waals surface area contributed by atoms with Crippen molar-refractivity contribution >= 4 is 52.3 Å². The number of hydrogen-bond donors (Lipinski definition) is 1. The zero-order valence-corrected chi connectivity index (χ0v) is 21.1. The lowest BCUT2D eigenvalue weighted by Crippen LogP contribution is -2.49. The molecule has 1 unspecified atom stereocenters. The largest absolute Gasteiger partial charge is 0.497 e. The van der Waals surface area contributed by atoms with Crippen molar-refractivity contribution in [1.29, 1.82) is 0 Å². The minimum atomic E-state index is -2.35. The van der Waals surface area contributed by atoms with Gasteiger partial charge in [-0.15, -0.1) is 0 Å². The first-order chi connectivity index (χ1) is 17.1. The molecule has 3 rings (SSSR count). The van der Waals surface area contributed by atoms with Crippen molar-refractivity contribution in [3.8, 4) is 5.75 Å². The zero-order chi connectivity index (χ0) is 26.3. The van der Waals surface area contributed by atoms with Gasteiger partial charge in [0, 0.05) is 22.7 Å². The summed E-state index contributed by atoms with van der Waals surface area (Å²) in [5.74, 6) is -3.31. The maximum atomic E-state index is 13.3. The Morgan fingerprint density at radius 3 is 2.22 bits per heavy atom. The molecular weight excluding hydrogens is 505 g/mol. The molecule has 0 saturated heterocycles. The van der Waals surface area contributed by atoms with Gasteiger partial charge in [0.2, 0.25) is 10.7 Å². The molecule has 1 amide bonds. The van der Waals surface area contributed by atoms with Gasteiger partial charge in [-0.1, -0.05) is 53.0 Å². The number of halogens is 2. The van der Waals surface area contributed by atoms with Crippen LogP contribution in [0.15, 0.2) is 72.8 Å². The summed E-state index contributed by atoms with van der Waals surface area (Å²) < 4.78 is 10.2. The van der Waals surface area contributed by atoms with E-state index in [0.717, 1.165) is 5.56 Å². The number of Topliss-reactive ketones (excluding diaryl/α,β-unsaturated/α-hetero) is 2. The highest BCUT2D eigenvalue weighted by Gasteiger charge is 2.46. The van der Waals surface area contributed by atoms with E-state index in [1.54, 1.807) is 30.3 Å². The van der Waals surface area contributed by atoms with Crippen molar-refractivity contribution in [3.63, 3.8) is 0 Å². The Balaban J connectivity index is 1.80. The molecule has 0 bridgehead atoms. The van der Waals surface area contributed by atoms with Gasteiger partial charge in [0.25, 0.3) is 5.91 Å². The Hall–Kier alpha value is -3.68. The number of nitrogens with one attached hydrogen (secondary N) is 1. The predicted octanol–water partition coefficient (Wildman–Crippen LogP) is 4.81. The van der Waals surface area contributed by atoms with Crippen LogP contribution in [0, 0.1) is 6.92 Å². The summed E-state index contributed by atoms with van der Waals surface area (Å²) in [6.45, 7) is 0.995. The summed E-state index contributed by atoms with van der Waals surface area (Å²) in [5.41, 5.74) is 1.96. The van der Waals surface area contributed by atoms with Crippen LogP contribution in [-0.2, 0) is 25.5 Å². The molecule has 36 heavy (non-hydrogen) atoms.